The number of hydrogen-bond acceptors (Lipinski definition) is 8. The summed E-state index contributed by atoms with van der Waals surface area (Å²) in [6.07, 6.45) is 9.54. The molecule has 0 spiro atoms. The number of nitrogens with two attached hydrogens (primary N) is 1. The second kappa shape index (κ2) is 11.8. The Morgan fingerprint density at radius 3 is 2.90 bits per heavy atom. The highest BCUT2D eigenvalue weighted by atomic mass is 35.5. The van der Waals surface area contributed by atoms with Crippen molar-refractivity contribution in [2.75, 3.05) is 11.9 Å². The normalized spacial score (nSPS) is 12.2. The van der Waals surface area contributed by atoms with Crippen LogP contribution in [0.15, 0.2) is 55.2 Å². The minimum absolute atomic E-state index is 0.106. The molecule has 15 heteroatoms. The van der Waals surface area contributed by atoms with Gasteiger partial charge < -0.3 is 15.8 Å². The van der Waals surface area contributed by atoms with Gasteiger partial charge in [0.15, 0.2) is 5.65 Å². The molecule has 3 N–H and O–H groups in total. The molecule has 4 aromatic heterocycles. The molecular formula is C25H25ClF2N10O2. The molecule has 0 aliphatic heterocycles. The number of ether oxygens (including phenoxy) is 1. The van der Waals surface area contributed by atoms with E-state index in [1.54, 1.807) is 35.5 Å². The Hall–Kier alpha value is -4.43. The molecule has 1 unspecified atom stereocenters. The van der Waals surface area contributed by atoms with Gasteiger partial charge in [-0.25, -0.2) is 14.2 Å². The third-order valence-corrected chi connectivity index (χ3v) is 6.41. The van der Waals surface area contributed by atoms with Crippen molar-refractivity contribution in [2.24, 2.45) is 5.73 Å². The zero-order valence-corrected chi connectivity index (χ0v) is 22.0. The zero-order chi connectivity index (χ0) is 28.2. The molecular weight excluding hydrogens is 546 g/mol. The lowest BCUT2D eigenvalue weighted by molar-refractivity contribution is -0.0494. The summed E-state index contributed by atoms with van der Waals surface area (Å²) in [4.78, 5) is 17.5. The summed E-state index contributed by atoms with van der Waals surface area (Å²) >= 11 is 6.20. The van der Waals surface area contributed by atoms with Gasteiger partial charge in [-0.15, -0.1) is 5.10 Å². The summed E-state index contributed by atoms with van der Waals surface area (Å²) in [7, 11) is 0. The first-order chi connectivity index (χ1) is 19.4. The maximum Gasteiger partial charge on any atom is 0.387 e. The van der Waals surface area contributed by atoms with E-state index in [0.717, 1.165) is 12.8 Å². The Labute approximate surface area is 231 Å². The molecule has 4 heterocycles. The fourth-order valence-corrected chi connectivity index (χ4v) is 4.47. The van der Waals surface area contributed by atoms with Crippen molar-refractivity contribution in [1.29, 1.82) is 0 Å². The highest BCUT2D eigenvalue weighted by molar-refractivity contribution is 6.31. The number of alkyl halides is 2. The Balaban J connectivity index is 1.52. The fourth-order valence-electron chi connectivity index (χ4n) is 4.30. The van der Waals surface area contributed by atoms with E-state index in [2.05, 4.69) is 30.8 Å². The smallest absolute Gasteiger partial charge is 0.387 e. The summed E-state index contributed by atoms with van der Waals surface area (Å²) in [5.74, 6) is -0.678. The van der Waals surface area contributed by atoms with Crippen molar-refractivity contribution in [1.82, 2.24) is 39.4 Å². The molecule has 0 fully saturated rings. The van der Waals surface area contributed by atoms with Gasteiger partial charge in [0.1, 0.15) is 22.7 Å². The van der Waals surface area contributed by atoms with Gasteiger partial charge in [-0.2, -0.15) is 19.0 Å². The Kier molecular flexibility index (Phi) is 7.98. The van der Waals surface area contributed by atoms with Crippen LogP contribution in [0.25, 0.3) is 16.9 Å². The largest absolute Gasteiger partial charge is 0.434 e. The lowest BCUT2D eigenvalue weighted by atomic mass is 10.1. The van der Waals surface area contributed by atoms with E-state index in [1.165, 1.54) is 33.6 Å². The Bertz CT molecular complexity index is 1630. The van der Waals surface area contributed by atoms with Gasteiger partial charge in [-0.3, -0.25) is 9.48 Å². The van der Waals surface area contributed by atoms with E-state index in [1.807, 2.05) is 6.92 Å². The number of amides is 1. The van der Waals surface area contributed by atoms with Crippen LogP contribution in [0, 0.1) is 0 Å². The predicted octanol–water partition coefficient (Wildman–Crippen LogP) is 4.04. The number of rotatable bonds is 11. The molecule has 208 valence electrons. The monoisotopic (exact) mass is 570 g/mol. The summed E-state index contributed by atoms with van der Waals surface area (Å²) < 4.78 is 35.9. The summed E-state index contributed by atoms with van der Waals surface area (Å²) in [5, 5.41) is 20.3. The highest BCUT2D eigenvalue weighted by Crippen LogP contribution is 2.37. The number of hydrogen-bond donors (Lipinski definition) is 2. The first kappa shape index (κ1) is 27.1. The van der Waals surface area contributed by atoms with Gasteiger partial charge >= 0.3 is 6.61 Å². The summed E-state index contributed by atoms with van der Waals surface area (Å²) in [6, 6.07) is 5.97. The maximum absolute atomic E-state index is 13.3. The maximum atomic E-state index is 13.3. The molecule has 0 bridgehead atoms. The SMILES string of the molecule is CCC(CCN)n1cc(Cn2cc(NC(=O)c3cnn4cccnc34)c(-c3cc(Cl)ccc3OC(F)F)n2)nn1. The molecule has 1 atom stereocenters. The van der Waals surface area contributed by atoms with Crippen molar-refractivity contribution in [3.05, 3.63) is 71.5 Å². The molecule has 40 heavy (non-hydrogen) atoms. The van der Waals surface area contributed by atoms with Crippen LogP contribution in [0.1, 0.15) is 41.9 Å². The molecule has 0 saturated carbocycles. The number of halogens is 3. The van der Waals surface area contributed by atoms with Crippen LogP contribution in [0.4, 0.5) is 14.5 Å². The Morgan fingerprint density at radius 1 is 1.27 bits per heavy atom. The minimum atomic E-state index is -3.08. The average Bonchev–Trinajstić information content (AvgIpc) is 3.67. The number of nitrogens with zero attached hydrogens (tertiary/aromatic N) is 8. The van der Waals surface area contributed by atoms with E-state index in [0.29, 0.717) is 17.9 Å². The molecule has 0 saturated heterocycles. The third kappa shape index (κ3) is 5.77. The minimum Gasteiger partial charge on any atom is -0.434 e. The van der Waals surface area contributed by atoms with Crippen LogP contribution in [0.3, 0.4) is 0 Å². The van der Waals surface area contributed by atoms with Gasteiger partial charge in [0.2, 0.25) is 0 Å². The predicted molar refractivity (Wildman–Crippen MR) is 142 cm³/mol. The van der Waals surface area contributed by atoms with Crippen LogP contribution in [-0.4, -0.2) is 58.4 Å². The number of aromatic nitrogens is 8. The van der Waals surface area contributed by atoms with E-state index < -0.39 is 12.5 Å². The molecule has 1 aromatic carbocycles. The molecule has 12 nitrogen and oxygen atoms in total. The fraction of sp³-hybridized carbons (Fsp3) is 0.280. The van der Waals surface area contributed by atoms with Crippen LogP contribution < -0.4 is 15.8 Å². The number of fused-ring (bicyclic) bond motifs is 1. The van der Waals surface area contributed by atoms with Gasteiger partial charge in [0.05, 0.1) is 30.7 Å². The van der Waals surface area contributed by atoms with Gasteiger partial charge in [-0.1, -0.05) is 23.7 Å². The van der Waals surface area contributed by atoms with Crippen LogP contribution in [0.5, 0.6) is 5.75 Å². The van der Waals surface area contributed by atoms with Crippen LogP contribution in [0.2, 0.25) is 5.02 Å². The molecule has 5 rings (SSSR count). The van der Waals surface area contributed by atoms with E-state index >= 15 is 0 Å². The third-order valence-electron chi connectivity index (χ3n) is 6.17. The van der Waals surface area contributed by atoms with Crippen molar-refractivity contribution in [3.8, 4) is 17.0 Å². The van der Waals surface area contributed by atoms with Crippen molar-refractivity contribution in [3.63, 3.8) is 0 Å². The lowest BCUT2D eigenvalue weighted by Gasteiger charge is -2.12. The molecule has 0 radical (unpaired) electrons. The van der Waals surface area contributed by atoms with Crippen molar-refractivity contribution < 1.29 is 18.3 Å². The average molecular weight is 571 g/mol. The lowest BCUT2D eigenvalue weighted by Crippen LogP contribution is -2.14. The zero-order valence-electron chi connectivity index (χ0n) is 21.3. The van der Waals surface area contributed by atoms with E-state index in [4.69, 9.17) is 22.1 Å². The molecule has 1 amide bonds. The van der Waals surface area contributed by atoms with Crippen molar-refractivity contribution >= 4 is 28.8 Å². The number of nitrogens with one attached hydrogen (secondary N) is 1. The first-order valence-electron chi connectivity index (χ1n) is 12.4. The van der Waals surface area contributed by atoms with Crippen LogP contribution in [-0.2, 0) is 6.54 Å². The number of carbonyl (C=O) groups is 1. The van der Waals surface area contributed by atoms with Gasteiger partial charge in [0.25, 0.3) is 5.91 Å². The molecule has 5 aromatic rings. The van der Waals surface area contributed by atoms with Crippen LogP contribution >= 0.6 is 11.6 Å². The van der Waals surface area contributed by atoms with Gasteiger partial charge in [0, 0.05) is 29.2 Å². The number of benzene rings is 1. The Morgan fingerprint density at radius 2 is 2.12 bits per heavy atom. The topological polar surface area (TPSA) is 143 Å². The first-order valence-corrected chi connectivity index (χ1v) is 12.8. The van der Waals surface area contributed by atoms with Crippen molar-refractivity contribution in [2.45, 2.75) is 39.0 Å². The summed E-state index contributed by atoms with van der Waals surface area (Å²) in [6.45, 7) is -0.337. The van der Waals surface area contributed by atoms with Gasteiger partial charge in [-0.05, 0) is 43.7 Å². The molecule has 0 aliphatic carbocycles. The number of anilines is 1. The summed E-state index contributed by atoms with van der Waals surface area (Å²) in [5.41, 5.74) is 7.43. The molecule has 0 aliphatic rings. The van der Waals surface area contributed by atoms with E-state index in [9.17, 15) is 13.6 Å². The number of carbonyl (C=O) groups excluding carboxylic acids is 1. The highest BCUT2D eigenvalue weighted by Gasteiger charge is 2.22. The second-order valence-electron chi connectivity index (χ2n) is 8.84. The standard InChI is InChI=1S/C25H25ClF2N10O2/c1-2-17(6-7-29)38-13-16(33-35-38)12-36-14-20(32-24(39)19-11-31-37-9-3-8-30-23(19)37)22(34-36)18-10-15(26)4-5-21(18)40-25(27)28/h3-5,8-11,13-14,17,25H,2,6-7,12,29H2,1H3,(H,32,39). The second-order valence-corrected chi connectivity index (χ2v) is 9.27. The quantitative estimate of drug-likeness (QED) is 0.242. The van der Waals surface area contributed by atoms with E-state index in [-0.39, 0.29) is 45.9 Å².